The van der Waals surface area contributed by atoms with Gasteiger partial charge in [-0.25, -0.2) is 9.78 Å². The van der Waals surface area contributed by atoms with Gasteiger partial charge in [-0.3, -0.25) is 4.68 Å². The van der Waals surface area contributed by atoms with Crippen LogP contribution in [0, 0.1) is 6.92 Å². The Balaban J connectivity index is 2.14. The Morgan fingerprint density at radius 2 is 2.37 bits per heavy atom. The van der Waals surface area contributed by atoms with Crippen molar-refractivity contribution >= 4 is 23.1 Å². The van der Waals surface area contributed by atoms with Gasteiger partial charge in [0, 0.05) is 31.1 Å². The lowest BCUT2D eigenvalue weighted by Crippen LogP contribution is -2.14. The van der Waals surface area contributed by atoms with Crippen molar-refractivity contribution in [1.29, 1.82) is 0 Å². The number of rotatable bonds is 5. The van der Waals surface area contributed by atoms with Crippen LogP contribution >= 0.6 is 11.3 Å². The summed E-state index contributed by atoms with van der Waals surface area (Å²) in [6.07, 6.45) is 1.77. The Labute approximate surface area is 115 Å². The largest absolute Gasteiger partial charge is 0.477 e. The summed E-state index contributed by atoms with van der Waals surface area (Å²) >= 11 is 1.60. The minimum absolute atomic E-state index is 0.219. The number of aromatic nitrogens is 3. The van der Waals surface area contributed by atoms with Crippen molar-refractivity contribution in [1.82, 2.24) is 14.8 Å². The van der Waals surface area contributed by atoms with E-state index < -0.39 is 5.97 Å². The Bertz CT molecular complexity index is 577. The topological polar surface area (TPSA) is 80.0 Å². The summed E-state index contributed by atoms with van der Waals surface area (Å²) in [5.41, 5.74) is 0.744. The van der Waals surface area contributed by atoms with Crippen LogP contribution in [0.2, 0.25) is 0 Å². The van der Waals surface area contributed by atoms with Gasteiger partial charge in [-0.1, -0.05) is 6.92 Å². The number of hydrogen-bond donors (Lipinski definition) is 2. The minimum Gasteiger partial charge on any atom is -0.477 e. The van der Waals surface area contributed by atoms with E-state index in [-0.39, 0.29) is 11.5 Å². The van der Waals surface area contributed by atoms with E-state index >= 15 is 0 Å². The fraction of sp³-hybridized carbons (Fsp3) is 0.417. The van der Waals surface area contributed by atoms with Gasteiger partial charge in [0.15, 0.2) is 0 Å². The van der Waals surface area contributed by atoms with Gasteiger partial charge in [0.2, 0.25) is 0 Å². The van der Waals surface area contributed by atoms with E-state index in [0.29, 0.717) is 18.1 Å². The number of carboxylic acids is 1. The van der Waals surface area contributed by atoms with Gasteiger partial charge in [0.05, 0.1) is 10.7 Å². The van der Waals surface area contributed by atoms with Crippen LogP contribution in [-0.4, -0.2) is 32.4 Å². The molecular formula is C12H16N4O2S. The smallest absolute Gasteiger partial charge is 0.341 e. The number of anilines is 1. The van der Waals surface area contributed by atoms with Crippen LogP contribution in [0.25, 0.3) is 0 Å². The maximum absolute atomic E-state index is 11.2. The van der Waals surface area contributed by atoms with E-state index in [1.165, 1.54) is 0 Å². The summed E-state index contributed by atoms with van der Waals surface area (Å²) in [5.74, 6) is -0.208. The molecule has 7 heteroatoms. The summed E-state index contributed by atoms with van der Waals surface area (Å²) < 4.78 is 1.56. The molecule has 2 aromatic heterocycles. The number of carboxylic acid groups (broad SMARTS) is 1. The summed E-state index contributed by atoms with van der Waals surface area (Å²) in [4.78, 5) is 15.5. The molecule has 19 heavy (non-hydrogen) atoms. The quantitative estimate of drug-likeness (QED) is 0.876. The third-order valence-corrected chi connectivity index (χ3v) is 3.89. The van der Waals surface area contributed by atoms with Gasteiger partial charge < -0.3 is 10.4 Å². The van der Waals surface area contributed by atoms with Crippen LogP contribution < -0.4 is 5.32 Å². The number of thiazole rings is 1. The minimum atomic E-state index is -0.963. The van der Waals surface area contributed by atoms with Crippen LogP contribution in [0.4, 0.5) is 5.82 Å². The molecule has 2 heterocycles. The van der Waals surface area contributed by atoms with Crippen molar-refractivity contribution in [2.45, 2.75) is 19.8 Å². The second kappa shape index (κ2) is 5.40. The Morgan fingerprint density at radius 3 is 2.95 bits per heavy atom. The zero-order chi connectivity index (χ0) is 14.0. The van der Waals surface area contributed by atoms with E-state index in [0.717, 1.165) is 5.01 Å². The SMILES string of the molecule is Cc1nn(C)c(NCC(C)c2nccs2)c1C(=O)O. The van der Waals surface area contributed by atoms with Crippen LogP contribution in [0.3, 0.4) is 0 Å². The van der Waals surface area contributed by atoms with Crippen molar-refractivity contribution in [2.24, 2.45) is 7.05 Å². The monoisotopic (exact) mass is 280 g/mol. The Hall–Kier alpha value is -1.89. The normalized spacial score (nSPS) is 12.4. The molecule has 0 aliphatic carbocycles. The van der Waals surface area contributed by atoms with Crippen molar-refractivity contribution in [3.05, 3.63) is 27.8 Å². The third kappa shape index (κ3) is 2.76. The van der Waals surface area contributed by atoms with E-state index in [4.69, 9.17) is 0 Å². The second-order valence-corrected chi connectivity index (χ2v) is 5.32. The average molecular weight is 280 g/mol. The van der Waals surface area contributed by atoms with Gasteiger partial charge in [-0.15, -0.1) is 11.3 Å². The first-order valence-corrected chi connectivity index (χ1v) is 6.78. The lowest BCUT2D eigenvalue weighted by Gasteiger charge is -2.12. The van der Waals surface area contributed by atoms with Crippen LogP contribution in [-0.2, 0) is 7.05 Å². The lowest BCUT2D eigenvalue weighted by atomic mass is 10.2. The first-order valence-electron chi connectivity index (χ1n) is 5.90. The van der Waals surface area contributed by atoms with Crippen molar-refractivity contribution in [3.8, 4) is 0 Å². The highest BCUT2D eigenvalue weighted by Crippen LogP contribution is 2.22. The fourth-order valence-electron chi connectivity index (χ4n) is 1.93. The van der Waals surface area contributed by atoms with Gasteiger partial charge in [0.1, 0.15) is 11.4 Å². The highest BCUT2D eigenvalue weighted by molar-refractivity contribution is 7.09. The number of carbonyl (C=O) groups is 1. The van der Waals surface area contributed by atoms with Gasteiger partial charge >= 0.3 is 5.97 Å². The number of hydrogen-bond acceptors (Lipinski definition) is 5. The van der Waals surface area contributed by atoms with E-state index in [1.54, 1.807) is 36.2 Å². The molecule has 0 amide bonds. The number of nitrogens with one attached hydrogen (secondary N) is 1. The predicted molar refractivity (Wildman–Crippen MR) is 73.9 cm³/mol. The highest BCUT2D eigenvalue weighted by atomic mass is 32.1. The summed E-state index contributed by atoms with van der Waals surface area (Å²) in [6.45, 7) is 4.36. The van der Waals surface area contributed by atoms with Crippen molar-refractivity contribution < 1.29 is 9.90 Å². The zero-order valence-corrected chi connectivity index (χ0v) is 11.9. The molecule has 0 fully saturated rings. The van der Waals surface area contributed by atoms with E-state index in [2.05, 4.69) is 22.3 Å². The van der Waals surface area contributed by atoms with Crippen LogP contribution in [0.1, 0.15) is 33.9 Å². The lowest BCUT2D eigenvalue weighted by molar-refractivity contribution is 0.0697. The first kappa shape index (κ1) is 13.5. The van der Waals surface area contributed by atoms with Crippen LogP contribution in [0.15, 0.2) is 11.6 Å². The predicted octanol–water partition coefficient (Wildman–Crippen LogP) is 2.10. The van der Waals surface area contributed by atoms with Gasteiger partial charge in [0.25, 0.3) is 0 Å². The summed E-state index contributed by atoms with van der Waals surface area (Å²) in [6, 6.07) is 0. The molecule has 2 aromatic rings. The van der Waals surface area contributed by atoms with Gasteiger partial charge in [-0.05, 0) is 6.92 Å². The van der Waals surface area contributed by atoms with Crippen molar-refractivity contribution in [3.63, 3.8) is 0 Å². The highest BCUT2D eigenvalue weighted by Gasteiger charge is 2.20. The van der Waals surface area contributed by atoms with Crippen LogP contribution in [0.5, 0.6) is 0 Å². The van der Waals surface area contributed by atoms with Crippen molar-refractivity contribution in [2.75, 3.05) is 11.9 Å². The molecule has 0 radical (unpaired) electrons. The molecule has 0 aliphatic heterocycles. The summed E-state index contributed by atoms with van der Waals surface area (Å²) in [5, 5.41) is 19.5. The first-order chi connectivity index (χ1) is 9.00. The molecule has 0 saturated heterocycles. The van der Waals surface area contributed by atoms with E-state index in [9.17, 15) is 9.90 Å². The fourth-order valence-corrected chi connectivity index (χ4v) is 2.63. The standard InChI is InChI=1S/C12H16N4O2S/c1-7(11-13-4-5-19-11)6-14-10-9(12(17)18)8(2)15-16(10)3/h4-5,7,14H,6H2,1-3H3,(H,17,18). The molecule has 102 valence electrons. The number of aromatic carboxylic acids is 1. The average Bonchev–Trinajstić information content (AvgIpc) is 2.94. The molecule has 0 bridgehead atoms. The molecule has 6 nitrogen and oxygen atoms in total. The molecule has 0 aliphatic rings. The molecular weight excluding hydrogens is 264 g/mol. The molecule has 1 atom stereocenters. The van der Waals surface area contributed by atoms with Gasteiger partial charge in [-0.2, -0.15) is 5.10 Å². The molecule has 2 N–H and O–H groups in total. The maximum atomic E-state index is 11.2. The zero-order valence-electron chi connectivity index (χ0n) is 11.0. The van der Waals surface area contributed by atoms with E-state index in [1.807, 2.05) is 5.38 Å². The molecule has 1 unspecified atom stereocenters. The Morgan fingerprint density at radius 1 is 1.63 bits per heavy atom. The number of nitrogens with zero attached hydrogens (tertiary/aromatic N) is 3. The third-order valence-electron chi connectivity index (χ3n) is 2.88. The molecule has 0 saturated carbocycles. The maximum Gasteiger partial charge on any atom is 0.341 e. The number of aryl methyl sites for hydroxylation is 2. The Kier molecular flexibility index (Phi) is 3.84. The molecule has 0 spiro atoms. The molecule has 0 aromatic carbocycles. The molecule has 2 rings (SSSR count). The second-order valence-electron chi connectivity index (χ2n) is 4.39. The summed E-state index contributed by atoms with van der Waals surface area (Å²) in [7, 11) is 1.73.